The van der Waals surface area contributed by atoms with Crippen LogP contribution in [-0.2, 0) is 10.0 Å². The molecule has 1 aliphatic rings. The quantitative estimate of drug-likeness (QED) is 0.757. The Balaban J connectivity index is 1.89. The molecule has 0 aromatic heterocycles. The van der Waals surface area contributed by atoms with Crippen molar-refractivity contribution in [2.24, 2.45) is 0 Å². The maximum atomic E-state index is 13.0. The number of rotatable bonds is 5. The maximum absolute atomic E-state index is 13.0. The number of likely N-dealkylation sites (tertiary alicyclic amines) is 1. The summed E-state index contributed by atoms with van der Waals surface area (Å²) in [5, 5.41) is 3.10. The number of halogens is 1. The summed E-state index contributed by atoms with van der Waals surface area (Å²) >= 11 is 6.10. The fraction of sp³-hybridized carbons (Fsp3) is 0.333. The molecule has 2 aromatic carbocycles. The second-order valence-electron chi connectivity index (χ2n) is 7.31. The highest BCUT2D eigenvalue weighted by Crippen LogP contribution is 2.25. The molecule has 2 aromatic rings. The zero-order valence-electron chi connectivity index (χ0n) is 16.9. The van der Waals surface area contributed by atoms with Gasteiger partial charge >= 0.3 is 0 Å². The van der Waals surface area contributed by atoms with Crippen LogP contribution >= 0.6 is 11.6 Å². The number of nitrogens with zero attached hydrogens (tertiary/aromatic N) is 2. The lowest BCUT2D eigenvalue weighted by atomic mass is 10.1. The van der Waals surface area contributed by atoms with E-state index in [0.29, 0.717) is 29.4 Å². The molecule has 0 radical (unpaired) electrons. The summed E-state index contributed by atoms with van der Waals surface area (Å²) in [6, 6.07) is 10.5. The van der Waals surface area contributed by atoms with Crippen molar-refractivity contribution in [1.29, 1.82) is 0 Å². The number of nitrogens with one attached hydrogen (secondary N) is 1. The lowest BCUT2D eigenvalue weighted by Gasteiger charge is -2.27. The Morgan fingerprint density at radius 3 is 2.40 bits per heavy atom. The molecule has 0 atom stereocenters. The predicted octanol–water partition coefficient (Wildman–Crippen LogP) is 3.47. The number of carbonyl (C=O) groups is 2. The fourth-order valence-corrected chi connectivity index (χ4v) is 4.40. The third kappa shape index (κ3) is 4.83. The molecule has 0 unspecified atom stereocenters. The number of amides is 2. The minimum Gasteiger partial charge on any atom is -0.339 e. The number of anilines is 1. The average molecular weight is 450 g/mol. The zero-order valence-corrected chi connectivity index (χ0v) is 18.5. The Hall–Kier alpha value is -2.42. The van der Waals surface area contributed by atoms with Crippen LogP contribution in [-0.4, -0.2) is 56.6 Å². The van der Waals surface area contributed by atoms with Gasteiger partial charge < -0.3 is 10.2 Å². The van der Waals surface area contributed by atoms with Gasteiger partial charge in [0.2, 0.25) is 10.0 Å². The van der Waals surface area contributed by atoms with Crippen molar-refractivity contribution in [2.45, 2.75) is 24.2 Å². The standard InChI is InChI=1S/C21H24ClN3O4S/c1-24(2)30(28,29)17-8-6-7-15(13-17)20(26)23-19-14-16(22)9-10-18(19)21(27)25-11-4-3-5-12-25/h6-10,13-14H,3-5,11-12H2,1-2H3,(H,23,26). The highest BCUT2D eigenvalue weighted by molar-refractivity contribution is 7.89. The van der Waals surface area contributed by atoms with Crippen LogP contribution in [0.3, 0.4) is 0 Å². The molecule has 7 nitrogen and oxygen atoms in total. The van der Waals surface area contributed by atoms with Crippen LogP contribution in [0.2, 0.25) is 5.02 Å². The van der Waals surface area contributed by atoms with E-state index in [0.717, 1.165) is 23.6 Å². The summed E-state index contributed by atoms with van der Waals surface area (Å²) in [5.41, 5.74) is 0.810. The topological polar surface area (TPSA) is 86.8 Å². The predicted molar refractivity (Wildman–Crippen MR) is 116 cm³/mol. The highest BCUT2D eigenvalue weighted by atomic mass is 35.5. The lowest BCUT2D eigenvalue weighted by Crippen LogP contribution is -2.36. The summed E-state index contributed by atoms with van der Waals surface area (Å²) in [7, 11) is -0.831. The van der Waals surface area contributed by atoms with Gasteiger partial charge in [-0.3, -0.25) is 9.59 Å². The molecule has 1 heterocycles. The first-order chi connectivity index (χ1) is 14.2. The van der Waals surface area contributed by atoms with Crippen LogP contribution in [0.25, 0.3) is 0 Å². The van der Waals surface area contributed by atoms with Gasteiger partial charge in [0.1, 0.15) is 0 Å². The van der Waals surface area contributed by atoms with E-state index in [4.69, 9.17) is 11.6 Å². The van der Waals surface area contributed by atoms with Crippen molar-refractivity contribution in [3.63, 3.8) is 0 Å². The van der Waals surface area contributed by atoms with E-state index < -0.39 is 15.9 Å². The van der Waals surface area contributed by atoms with Crippen molar-refractivity contribution < 1.29 is 18.0 Å². The van der Waals surface area contributed by atoms with E-state index in [1.54, 1.807) is 17.0 Å². The number of sulfonamides is 1. The monoisotopic (exact) mass is 449 g/mol. The molecule has 30 heavy (non-hydrogen) atoms. The van der Waals surface area contributed by atoms with E-state index in [1.807, 2.05) is 0 Å². The Kier molecular flexibility index (Phi) is 6.80. The molecule has 0 aliphatic carbocycles. The second-order valence-corrected chi connectivity index (χ2v) is 9.90. The van der Waals surface area contributed by atoms with Crippen molar-refractivity contribution in [2.75, 3.05) is 32.5 Å². The smallest absolute Gasteiger partial charge is 0.255 e. The van der Waals surface area contributed by atoms with Crippen LogP contribution in [0.1, 0.15) is 40.0 Å². The van der Waals surface area contributed by atoms with Crippen molar-refractivity contribution in [3.8, 4) is 0 Å². The van der Waals surface area contributed by atoms with Gasteiger partial charge in [0.05, 0.1) is 16.1 Å². The lowest BCUT2D eigenvalue weighted by molar-refractivity contribution is 0.0725. The van der Waals surface area contributed by atoms with Crippen LogP contribution in [0.5, 0.6) is 0 Å². The van der Waals surface area contributed by atoms with Gasteiger partial charge in [0.25, 0.3) is 11.8 Å². The van der Waals surface area contributed by atoms with E-state index in [-0.39, 0.29) is 16.4 Å². The molecule has 0 saturated carbocycles. The van der Waals surface area contributed by atoms with E-state index in [9.17, 15) is 18.0 Å². The van der Waals surface area contributed by atoms with Crippen LogP contribution < -0.4 is 5.32 Å². The molecule has 0 bridgehead atoms. The fourth-order valence-electron chi connectivity index (χ4n) is 3.28. The molecule has 2 amide bonds. The van der Waals surface area contributed by atoms with Gasteiger partial charge in [-0.25, -0.2) is 12.7 Å². The Labute approximate surface area is 181 Å². The molecule has 160 valence electrons. The Morgan fingerprint density at radius 2 is 1.73 bits per heavy atom. The third-order valence-corrected chi connectivity index (χ3v) is 7.02. The normalized spacial score (nSPS) is 14.6. The van der Waals surface area contributed by atoms with Crippen molar-refractivity contribution in [3.05, 3.63) is 58.6 Å². The van der Waals surface area contributed by atoms with Gasteiger partial charge in [-0.1, -0.05) is 17.7 Å². The molecule has 0 spiro atoms. The van der Waals surface area contributed by atoms with Crippen LogP contribution in [0.4, 0.5) is 5.69 Å². The maximum Gasteiger partial charge on any atom is 0.255 e. The molecular formula is C21H24ClN3O4S. The number of hydrogen-bond acceptors (Lipinski definition) is 4. The number of benzene rings is 2. The molecule has 1 saturated heterocycles. The van der Waals surface area contributed by atoms with Gasteiger partial charge in [0.15, 0.2) is 0 Å². The molecular weight excluding hydrogens is 426 g/mol. The minimum absolute atomic E-state index is 0.0101. The first-order valence-electron chi connectivity index (χ1n) is 9.63. The first kappa shape index (κ1) is 22.3. The molecule has 3 rings (SSSR count). The van der Waals surface area contributed by atoms with Gasteiger partial charge in [-0.05, 0) is 55.7 Å². The molecule has 1 N–H and O–H groups in total. The van der Waals surface area contributed by atoms with E-state index in [2.05, 4.69) is 5.32 Å². The Morgan fingerprint density at radius 1 is 1.03 bits per heavy atom. The largest absolute Gasteiger partial charge is 0.339 e. The van der Waals surface area contributed by atoms with E-state index in [1.165, 1.54) is 44.4 Å². The summed E-state index contributed by atoms with van der Waals surface area (Å²) in [5.74, 6) is -0.689. The van der Waals surface area contributed by atoms with Crippen molar-refractivity contribution in [1.82, 2.24) is 9.21 Å². The third-order valence-electron chi connectivity index (χ3n) is 4.98. The first-order valence-corrected chi connectivity index (χ1v) is 11.4. The van der Waals surface area contributed by atoms with Crippen LogP contribution in [0, 0.1) is 0 Å². The summed E-state index contributed by atoms with van der Waals surface area (Å²) < 4.78 is 25.8. The number of hydrogen-bond donors (Lipinski definition) is 1. The van der Waals surface area contributed by atoms with Gasteiger partial charge in [0, 0.05) is 37.8 Å². The van der Waals surface area contributed by atoms with Gasteiger partial charge in [-0.15, -0.1) is 0 Å². The Bertz CT molecular complexity index is 1060. The summed E-state index contributed by atoms with van der Waals surface area (Å²) in [6.07, 6.45) is 3.00. The number of piperidine rings is 1. The van der Waals surface area contributed by atoms with Crippen LogP contribution in [0.15, 0.2) is 47.4 Å². The SMILES string of the molecule is CN(C)S(=O)(=O)c1cccc(C(=O)Nc2cc(Cl)ccc2C(=O)N2CCCCC2)c1. The van der Waals surface area contributed by atoms with Gasteiger partial charge in [-0.2, -0.15) is 0 Å². The molecule has 1 aliphatic heterocycles. The zero-order chi connectivity index (χ0) is 21.9. The minimum atomic E-state index is -3.68. The molecule has 9 heteroatoms. The highest BCUT2D eigenvalue weighted by Gasteiger charge is 2.23. The summed E-state index contributed by atoms with van der Waals surface area (Å²) in [6.45, 7) is 1.36. The number of carbonyl (C=O) groups excluding carboxylic acids is 2. The second kappa shape index (κ2) is 9.16. The van der Waals surface area contributed by atoms with E-state index >= 15 is 0 Å². The molecule has 1 fully saturated rings. The van der Waals surface area contributed by atoms with Crippen molar-refractivity contribution >= 4 is 39.1 Å². The summed E-state index contributed by atoms with van der Waals surface area (Å²) in [4.78, 5) is 27.6. The average Bonchev–Trinajstić information content (AvgIpc) is 2.74.